The summed E-state index contributed by atoms with van der Waals surface area (Å²) in [6.07, 6.45) is 0.0373. The first-order valence-corrected chi connectivity index (χ1v) is 11.2. The summed E-state index contributed by atoms with van der Waals surface area (Å²) in [5, 5.41) is 0. The number of hydrogen-bond acceptors (Lipinski definition) is 4. The fraction of sp³-hybridized carbons (Fsp3) is 0.385. The Morgan fingerprint density at radius 2 is 2.10 bits per heavy atom. The quantitative estimate of drug-likeness (QED) is 0.536. The van der Waals surface area contributed by atoms with E-state index >= 15 is 0 Å². The Labute approximate surface area is 131 Å². The van der Waals surface area contributed by atoms with Crippen molar-refractivity contribution in [3.8, 4) is 11.5 Å². The van der Waals surface area contributed by atoms with E-state index in [1.165, 1.54) is 7.11 Å². The molecule has 1 aromatic carbocycles. The molecule has 0 aliphatic rings. The zero-order valence-electron chi connectivity index (χ0n) is 11.3. The maximum absolute atomic E-state index is 11.0. The number of halogens is 2. The zero-order valence-corrected chi connectivity index (χ0v) is 14.6. The molecule has 0 radical (unpaired) electrons. The molecule has 7 heteroatoms. The van der Waals surface area contributed by atoms with Gasteiger partial charge >= 0.3 is 131 Å². The molecule has 0 N–H and O–H groups in total. The molecular formula is C13H16Cl2O4Ru. The molecule has 0 amide bonds. The normalized spacial score (nSPS) is 11.0. The average Bonchev–Trinajstić information content (AvgIpc) is 2.37. The van der Waals surface area contributed by atoms with Crippen molar-refractivity contribution in [3.63, 3.8) is 0 Å². The first kappa shape index (κ1) is 17.4. The molecule has 114 valence electrons. The molecule has 0 aliphatic heterocycles. The molecule has 0 aliphatic carbocycles. The second kappa shape index (κ2) is 8.61. The number of carbonyl (C=O) groups excluding carboxylic acids is 1. The molecule has 0 saturated heterocycles. The molecule has 1 rings (SSSR count). The number of esters is 1. The monoisotopic (exact) mass is 408 g/mol. The third-order valence-electron chi connectivity index (χ3n) is 2.12. The number of ether oxygens (including phenoxy) is 3. The fourth-order valence-electron chi connectivity index (χ4n) is 1.34. The van der Waals surface area contributed by atoms with E-state index in [-0.39, 0.29) is 12.7 Å². The van der Waals surface area contributed by atoms with Gasteiger partial charge in [-0.25, -0.2) is 0 Å². The van der Waals surface area contributed by atoms with Crippen LogP contribution < -0.4 is 9.47 Å². The van der Waals surface area contributed by atoms with Gasteiger partial charge in [0, 0.05) is 0 Å². The third-order valence-corrected chi connectivity index (χ3v) is 3.95. The van der Waals surface area contributed by atoms with E-state index < -0.39 is 19.5 Å². The van der Waals surface area contributed by atoms with Gasteiger partial charge in [0.05, 0.1) is 0 Å². The Morgan fingerprint density at radius 1 is 1.40 bits per heavy atom. The van der Waals surface area contributed by atoms with Crippen LogP contribution in [0.1, 0.15) is 19.4 Å². The summed E-state index contributed by atoms with van der Waals surface area (Å²) < 4.78 is 17.3. The third kappa shape index (κ3) is 6.21. The van der Waals surface area contributed by atoms with Crippen molar-refractivity contribution >= 4 is 30.0 Å². The second-order valence-electron chi connectivity index (χ2n) is 4.04. The van der Waals surface area contributed by atoms with Crippen LogP contribution in [-0.4, -0.2) is 30.4 Å². The van der Waals surface area contributed by atoms with Crippen molar-refractivity contribution in [1.82, 2.24) is 0 Å². The minimum atomic E-state index is -1.99. The molecule has 0 atom stereocenters. The molecule has 0 aromatic heterocycles. The van der Waals surface area contributed by atoms with Crippen LogP contribution in [0.3, 0.4) is 0 Å². The summed E-state index contributed by atoms with van der Waals surface area (Å²) in [7, 11) is 13.1. The van der Waals surface area contributed by atoms with Crippen LogP contribution in [0.15, 0.2) is 18.2 Å². The number of rotatable bonds is 6. The van der Waals surface area contributed by atoms with Gasteiger partial charge < -0.3 is 0 Å². The van der Waals surface area contributed by atoms with E-state index in [2.05, 4.69) is 4.74 Å². The summed E-state index contributed by atoms with van der Waals surface area (Å²) >= 11 is -1.99. The molecule has 0 spiro atoms. The molecule has 4 nitrogen and oxygen atoms in total. The fourth-order valence-corrected chi connectivity index (χ4v) is 3.13. The van der Waals surface area contributed by atoms with Gasteiger partial charge in [-0.05, 0) is 0 Å². The van der Waals surface area contributed by atoms with E-state index in [1.54, 1.807) is 22.8 Å². The Hall–Kier alpha value is -0.637. The second-order valence-corrected chi connectivity index (χ2v) is 9.76. The van der Waals surface area contributed by atoms with Crippen molar-refractivity contribution in [3.05, 3.63) is 23.8 Å². The molecule has 0 unspecified atom stereocenters. The zero-order chi connectivity index (χ0) is 15.1. The summed E-state index contributed by atoms with van der Waals surface area (Å²) in [5.74, 6) is 0.771. The van der Waals surface area contributed by atoms with Crippen molar-refractivity contribution in [2.45, 2.75) is 20.0 Å². The van der Waals surface area contributed by atoms with Crippen LogP contribution in [0.5, 0.6) is 11.5 Å². The molecule has 0 bridgehead atoms. The van der Waals surface area contributed by atoms with Crippen molar-refractivity contribution < 1.29 is 32.5 Å². The van der Waals surface area contributed by atoms with Gasteiger partial charge in [0.25, 0.3) is 0 Å². The minimum absolute atomic E-state index is 0.0373. The van der Waals surface area contributed by atoms with E-state index in [9.17, 15) is 4.79 Å². The Bertz CT molecular complexity index is 499. The summed E-state index contributed by atoms with van der Waals surface area (Å²) in [4.78, 5) is 11.0. The number of carbonyl (C=O) groups is 1. The Morgan fingerprint density at radius 3 is 2.65 bits per heavy atom. The van der Waals surface area contributed by atoms with Gasteiger partial charge in [-0.15, -0.1) is 0 Å². The summed E-state index contributed by atoms with van der Waals surface area (Å²) in [6, 6.07) is 5.23. The maximum atomic E-state index is 11.0. The van der Waals surface area contributed by atoms with Gasteiger partial charge in [-0.3, -0.25) is 0 Å². The van der Waals surface area contributed by atoms with Crippen molar-refractivity contribution in [1.29, 1.82) is 0 Å². The van der Waals surface area contributed by atoms with Crippen LogP contribution in [0.25, 0.3) is 0 Å². The van der Waals surface area contributed by atoms with Crippen LogP contribution in [-0.2, 0) is 23.0 Å². The number of benzene rings is 1. The van der Waals surface area contributed by atoms with Crippen LogP contribution in [0.2, 0.25) is 0 Å². The van der Waals surface area contributed by atoms with Crippen molar-refractivity contribution in [2.24, 2.45) is 0 Å². The standard InChI is InChI=1S/C13H16O4.2ClH.Ru/c1-9(2)17-12-6-5-11(7-10(12)3)16-8-13(14)15-4;;;/h3,5-7,9H,8H2,1-2,4H3;2*1H;/q;;;+2/p-2. The van der Waals surface area contributed by atoms with Crippen LogP contribution >= 0.6 is 19.4 Å². The van der Waals surface area contributed by atoms with Gasteiger partial charge in [0.1, 0.15) is 0 Å². The Kier molecular flexibility index (Phi) is 7.49. The van der Waals surface area contributed by atoms with Crippen LogP contribution in [0, 0.1) is 0 Å². The first-order chi connectivity index (χ1) is 9.42. The molecule has 1 aromatic rings. The van der Waals surface area contributed by atoms with Crippen molar-refractivity contribution in [2.75, 3.05) is 13.7 Å². The SMILES string of the molecule is COC(=O)COc1ccc(OC(C)C)c([CH]=[Ru]([Cl])[Cl])c1. The molecule has 0 saturated carbocycles. The molecule has 0 heterocycles. The Balaban J connectivity index is 2.95. The van der Waals surface area contributed by atoms with Gasteiger partial charge in [0.15, 0.2) is 0 Å². The van der Waals surface area contributed by atoms with E-state index in [0.717, 1.165) is 5.56 Å². The topological polar surface area (TPSA) is 44.8 Å². The van der Waals surface area contributed by atoms with E-state index in [0.29, 0.717) is 11.5 Å². The van der Waals surface area contributed by atoms with Crippen LogP contribution in [0.4, 0.5) is 0 Å². The van der Waals surface area contributed by atoms with E-state index in [4.69, 9.17) is 28.9 Å². The number of hydrogen-bond donors (Lipinski definition) is 0. The number of methoxy groups -OCH3 is 1. The summed E-state index contributed by atoms with van der Waals surface area (Å²) in [6.45, 7) is 3.72. The van der Waals surface area contributed by atoms with Gasteiger partial charge in [-0.2, -0.15) is 0 Å². The predicted octanol–water partition coefficient (Wildman–Crippen LogP) is 3.10. The molecule has 0 fully saturated rings. The first-order valence-electron chi connectivity index (χ1n) is 5.76. The van der Waals surface area contributed by atoms with Gasteiger partial charge in [-0.1, -0.05) is 0 Å². The van der Waals surface area contributed by atoms with E-state index in [1.807, 2.05) is 13.8 Å². The molecular weight excluding hydrogens is 392 g/mol. The van der Waals surface area contributed by atoms with Gasteiger partial charge in [0.2, 0.25) is 0 Å². The summed E-state index contributed by atoms with van der Waals surface area (Å²) in [5.41, 5.74) is 0.768. The average molecular weight is 408 g/mol. The predicted molar refractivity (Wildman–Crippen MR) is 76.6 cm³/mol. The molecule has 20 heavy (non-hydrogen) atoms.